The van der Waals surface area contributed by atoms with E-state index in [1.165, 1.54) is 89.9 Å². The Balaban J connectivity index is 1.48. The standard InChI is InChI=1S/C37H57NO3/c1-4-6-7-8-9-10-11-12-13-14-15-16-17-18-19-30-40-35-26-22-34(23-27-35)38-29-28-37(39)33-20-24-36(25-21-33)41-31-32(3)5-2/h20-29,32,38H,4-19,30-31H2,1-3H3/b29-28+/t32-/m0/s1. The van der Waals surface area contributed by atoms with Gasteiger partial charge in [-0.1, -0.05) is 117 Å². The molecule has 0 saturated heterocycles. The lowest BCUT2D eigenvalue weighted by molar-refractivity contribution is 0.104. The van der Waals surface area contributed by atoms with Crippen LogP contribution in [0.3, 0.4) is 0 Å². The van der Waals surface area contributed by atoms with E-state index in [1.54, 1.807) is 12.3 Å². The summed E-state index contributed by atoms with van der Waals surface area (Å²) in [5.41, 5.74) is 1.56. The molecule has 2 aromatic rings. The Labute approximate surface area is 251 Å². The van der Waals surface area contributed by atoms with Gasteiger partial charge in [0.1, 0.15) is 11.5 Å². The molecule has 0 aliphatic heterocycles. The zero-order valence-electron chi connectivity index (χ0n) is 26.3. The van der Waals surface area contributed by atoms with Crippen LogP contribution in [0.15, 0.2) is 60.8 Å². The van der Waals surface area contributed by atoms with Gasteiger partial charge in [0.05, 0.1) is 13.2 Å². The minimum absolute atomic E-state index is 0.0468. The number of carbonyl (C=O) groups is 1. The van der Waals surface area contributed by atoms with E-state index in [9.17, 15) is 4.79 Å². The van der Waals surface area contributed by atoms with Gasteiger partial charge in [-0.25, -0.2) is 0 Å². The van der Waals surface area contributed by atoms with Crippen LogP contribution in [0, 0.1) is 5.92 Å². The summed E-state index contributed by atoms with van der Waals surface area (Å²) in [5, 5.41) is 3.17. The Morgan fingerprint density at radius 3 is 1.71 bits per heavy atom. The lowest BCUT2D eigenvalue weighted by Gasteiger charge is -2.10. The number of nitrogens with one attached hydrogen (secondary N) is 1. The molecule has 0 unspecified atom stereocenters. The highest BCUT2D eigenvalue weighted by molar-refractivity contribution is 6.04. The Kier molecular flexibility index (Phi) is 19.2. The third kappa shape index (κ3) is 17.0. The predicted octanol–water partition coefficient (Wildman–Crippen LogP) is 11.2. The van der Waals surface area contributed by atoms with Crippen LogP contribution < -0.4 is 14.8 Å². The number of hydrogen-bond donors (Lipinski definition) is 1. The SMILES string of the molecule is CCCCCCCCCCCCCCCCCOc1ccc(N/C=C/C(=O)c2ccc(OC[C@@H](C)CC)cc2)cc1. The van der Waals surface area contributed by atoms with E-state index < -0.39 is 0 Å². The number of allylic oxidation sites excluding steroid dienone is 1. The van der Waals surface area contributed by atoms with Crippen LogP contribution in [0.25, 0.3) is 0 Å². The fourth-order valence-electron chi connectivity index (χ4n) is 4.69. The summed E-state index contributed by atoms with van der Waals surface area (Å²) in [6.45, 7) is 8.06. The van der Waals surface area contributed by atoms with Gasteiger partial charge in [-0.05, 0) is 60.9 Å². The Morgan fingerprint density at radius 1 is 0.683 bits per heavy atom. The maximum absolute atomic E-state index is 12.5. The van der Waals surface area contributed by atoms with Crippen LogP contribution in [0.1, 0.15) is 134 Å². The number of carbonyl (C=O) groups excluding carboxylic acids is 1. The van der Waals surface area contributed by atoms with Crippen LogP contribution in [0.2, 0.25) is 0 Å². The van der Waals surface area contributed by atoms with Crippen molar-refractivity contribution < 1.29 is 14.3 Å². The number of anilines is 1. The van der Waals surface area contributed by atoms with Crippen LogP contribution in [-0.4, -0.2) is 19.0 Å². The molecule has 4 heteroatoms. The second-order valence-electron chi connectivity index (χ2n) is 11.5. The largest absolute Gasteiger partial charge is 0.494 e. The number of hydrogen-bond acceptors (Lipinski definition) is 4. The molecule has 0 fully saturated rings. The molecule has 41 heavy (non-hydrogen) atoms. The van der Waals surface area contributed by atoms with E-state index in [-0.39, 0.29) is 5.78 Å². The number of unbranched alkanes of at least 4 members (excludes halogenated alkanes) is 14. The summed E-state index contributed by atoms with van der Waals surface area (Å²) in [4.78, 5) is 12.5. The molecule has 2 rings (SSSR count). The van der Waals surface area contributed by atoms with Gasteiger partial charge < -0.3 is 14.8 Å². The zero-order chi connectivity index (χ0) is 29.4. The summed E-state index contributed by atoms with van der Waals surface area (Å²) in [6.07, 6.45) is 24.9. The molecule has 0 heterocycles. The molecule has 0 aromatic heterocycles. The van der Waals surface area contributed by atoms with Crippen molar-refractivity contribution in [2.24, 2.45) is 5.92 Å². The van der Waals surface area contributed by atoms with Crippen LogP contribution in [0.5, 0.6) is 11.5 Å². The molecule has 228 valence electrons. The first-order valence-corrected chi connectivity index (χ1v) is 16.6. The van der Waals surface area contributed by atoms with Gasteiger partial charge in [0.15, 0.2) is 5.78 Å². The first kappa shape index (κ1) is 34.5. The molecule has 4 nitrogen and oxygen atoms in total. The monoisotopic (exact) mass is 563 g/mol. The van der Waals surface area contributed by atoms with Gasteiger partial charge in [-0.15, -0.1) is 0 Å². The van der Waals surface area contributed by atoms with Gasteiger partial charge in [0, 0.05) is 23.5 Å². The van der Waals surface area contributed by atoms with Gasteiger partial charge in [0.25, 0.3) is 0 Å². The molecular weight excluding hydrogens is 506 g/mol. The molecule has 0 bridgehead atoms. The third-order valence-corrected chi connectivity index (χ3v) is 7.73. The van der Waals surface area contributed by atoms with Crippen LogP contribution >= 0.6 is 0 Å². The van der Waals surface area contributed by atoms with E-state index in [1.807, 2.05) is 48.5 Å². The van der Waals surface area contributed by atoms with Crippen molar-refractivity contribution in [3.8, 4) is 11.5 Å². The molecular formula is C37H57NO3. The van der Waals surface area contributed by atoms with E-state index >= 15 is 0 Å². The molecule has 1 atom stereocenters. The average Bonchev–Trinajstić information content (AvgIpc) is 3.00. The quantitative estimate of drug-likeness (QED) is 0.0741. The highest BCUT2D eigenvalue weighted by Gasteiger charge is 2.04. The molecule has 0 aliphatic carbocycles. The number of benzene rings is 2. The predicted molar refractivity (Wildman–Crippen MR) is 175 cm³/mol. The van der Waals surface area contributed by atoms with E-state index in [0.29, 0.717) is 18.1 Å². The van der Waals surface area contributed by atoms with Crippen LogP contribution in [-0.2, 0) is 0 Å². The van der Waals surface area contributed by atoms with Gasteiger partial charge in [0.2, 0.25) is 0 Å². The van der Waals surface area contributed by atoms with Crippen molar-refractivity contribution in [2.45, 2.75) is 124 Å². The molecule has 0 radical (unpaired) electrons. The van der Waals surface area contributed by atoms with Crippen molar-refractivity contribution in [2.75, 3.05) is 18.5 Å². The number of ketones is 1. The first-order valence-electron chi connectivity index (χ1n) is 16.6. The van der Waals surface area contributed by atoms with E-state index in [4.69, 9.17) is 9.47 Å². The zero-order valence-corrected chi connectivity index (χ0v) is 26.3. The first-order chi connectivity index (χ1) is 20.1. The summed E-state index contributed by atoms with van der Waals surface area (Å²) >= 11 is 0. The Bertz CT molecular complexity index is 936. The maximum Gasteiger partial charge on any atom is 0.187 e. The van der Waals surface area contributed by atoms with Crippen molar-refractivity contribution in [1.29, 1.82) is 0 Å². The molecule has 0 amide bonds. The summed E-state index contributed by atoms with van der Waals surface area (Å²) in [5.74, 6) is 2.15. The molecule has 1 N–H and O–H groups in total. The number of rotatable bonds is 25. The maximum atomic E-state index is 12.5. The lowest BCUT2D eigenvalue weighted by Crippen LogP contribution is -2.07. The summed E-state index contributed by atoms with van der Waals surface area (Å²) in [7, 11) is 0. The normalized spacial score (nSPS) is 12.0. The second kappa shape index (κ2) is 22.9. The Morgan fingerprint density at radius 2 is 1.17 bits per heavy atom. The van der Waals surface area contributed by atoms with Crippen molar-refractivity contribution in [3.05, 3.63) is 66.4 Å². The van der Waals surface area contributed by atoms with Crippen molar-refractivity contribution in [1.82, 2.24) is 0 Å². The fourth-order valence-corrected chi connectivity index (χ4v) is 4.69. The van der Waals surface area contributed by atoms with Crippen molar-refractivity contribution in [3.63, 3.8) is 0 Å². The smallest absolute Gasteiger partial charge is 0.187 e. The Hall–Kier alpha value is -2.75. The van der Waals surface area contributed by atoms with E-state index in [2.05, 4.69) is 26.1 Å². The minimum atomic E-state index is -0.0468. The highest BCUT2D eigenvalue weighted by Crippen LogP contribution is 2.18. The van der Waals surface area contributed by atoms with Crippen LogP contribution in [0.4, 0.5) is 5.69 Å². The van der Waals surface area contributed by atoms with Crippen molar-refractivity contribution >= 4 is 11.5 Å². The van der Waals surface area contributed by atoms with Gasteiger partial charge in [-0.3, -0.25) is 4.79 Å². The van der Waals surface area contributed by atoms with Gasteiger partial charge >= 0.3 is 0 Å². The molecule has 0 saturated carbocycles. The molecule has 0 spiro atoms. The summed E-state index contributed by atoms with van der Waals surface area (Å²) < 4.78 is 11.7. The number of ether oxygens (including phenoxy) is 2. The minimum Gasteiger partial charge on any atom is -0.494 e. The molecule has 2 aromatic carbocycles. The van der Waals surface area contributed by atoms with E-state index in [0.717, 1.165) is 36.6 Å². The topological polar surface area (TPSA) is 47.6 Å². The highest BCUT2D eigenvalue weighted by atomic mass is 16.5. The second-order valence-corrected chi connectivity index (χ2v) is 11.5. The fraction of sp³-hybridized carbons (Fsp3) is 0.595. The van der Waals surface area contributed by atoms with Gasteiger partial charge in [-0.2, -0.15) is 0 Å². The third-order valence-electron chi connectivity index (χ3n) is 7.73. The average molecular weight is 564 g/mol. The lowest BCUT2D eigenvalue weighted by atomic mass is 10.0. The summed E-state index contributed by atoms with van der Waals surface area (Å²) in [6, 6.07) is 15.2. The molecule has 0 aliphatic rings.